The lowest BCUT2D eigenvalue weighted by Crippen LogP contribution is -2.02. The summed E-state index contributed by atoms with van der Waals surface area (Å²) in [4.78, 5) is 0. The maximum absolute atomic E-state index is 6.03. The standard InChI is InChI=1S/C12H13BrClN3O/c1-7-8(6-16-17-7)5-15-11-4-9(14)3-10(13)12(11)18-2/h3-4,6,15H,5H2,1-2H3,(H,16,17). The van der Waals surface area contributed by atoms with E-state index in [1.807, 2.05) is 13.0 Å². The Morgan fingerprint density at radius 1 is 1.50 bits per heavy atom. The number of hydrogen-bond donors (Lipinski definition) is 2. The van der Waals surface area contributed by atoms with Crippen molar-refractivity contribution >= 4 is 33.2 Å². The summed E-state index contributed by atoms with van der Waals surface area (Å²) in [5, 5.41) is 10.8. The molecule has 18 heavy (non-hydrogen) atoms. The summed E-state index contributed by atoms with van der Waals surface area (Å²) in [7, 11) is 1.63. The van der Waals surface area contributed by atoms with Crippen LogP contribution in [0.15, 0.2) is 22.8 Å². The van der Waals surface area contributed by atoms with E-state index >= 15 is 0 Å². The van der Waals surface area contributed by atoms with Crippen molar-refractivity contribution in [1.29, 1.82) is 0 Å². The molecule has 1 aromatic carbocycles. The van der Waals surface area contributed by atoms with Gasteiger partial charge in [-0.2, -0.15) is 5.10 Å². The number of methoxy groups -OCH3 is 1. The number of ether oxygens (including phenoxy) is 1. The quantitative estimate of drug-likeness (QED) is 0.897. The van der Waals surface area contributed by atoms with Crippen molar-refractivity contribution in [1.82, 2.24) is 10.2 Å². The Labute approximate surface area is 119 Å². The minimum absolute atomic E-state index is 0.647. The molecule has 1 aromatic heterocycles. The second-order valence-electron chi connectivity index (χ2n) is 3.84. The Kier molecular flexibility index (Phi) is 4.14. The predicted octanol–water partition coefficient (Wildman–Crippen LogP) is 3.75. The molecule has 4 nitrogen and oxygen atoms in total. The molecule has 0 spiro atoms. The van der Waals surface area contributed by atoms with Gasteiger partial charge in [0.25, 0.3) is 0 Å². The van der Waals surface area contributed by atoms with E-state index in [1.54, 1.807) is 19.4 Å². The number of benzene rings is 1. The van der Waals surface area contributed by atoms with Gasteiger partial charge >= 0.3 is 0 Å². The molecular weight excluding hydrogens is 318 g/mol. The van der Waals surface area contributed by atoms with Crippen LogP contribution in [-0.4, -0.2) is 17.3 Å². The summed E-state index contributed by atoms with van der Waals surface area (Å²) in [5.41, 5.74) is 2.99. The Morgan fingerprint density at radius 3 is 2.89 bits per heavy atom. The Morgan fingerprint density at radius 2 is 2.28 bits per heavy atom. The molecule has 2 rings (SSSR count). The van der Waals surface area contributed by atoms with Gasteiger partial charge in [0.2, 0.25) is 0 Å². The van der Waals surface area contributed by atoms with Crippen LogP contribution >= 0.6 is 27.5 Å². The van der Waals surface area contributed by atoms with Crippen LogP contribution in [0.25, 0.3) is 0 Å². The van der Waals surface area contributed by atoms with E-state index in [2.05, 4.69) is 31.4 Å². The Bertz CT molecular complexity index is 556. The highest BCUT2D eigenvalue weighted by Gasteiger charge is 2.10. The van der Waals surface area contributed by atoms with Gasteiger partial charge in [0.1, 0.15) is 0 Å². The van der Waals surface area contributed by atoms with Gasteiger partial charge in [-0.05, 0) is 35.0 Å². The molecule has 0 bridgehead atoms. The molecular formula is C12H13BrClN3O. The third-order valence-electron chi connectivity index (χ3n) is 2.62. The highest BCUT2D eigenvalue weighted by molar-refractivity contribution is 9.10. The number of rotatable bonds is 4. The zero-order valence-electron chi connectivity index (χ0n) is 10.1. The first kappa shape index (κ1) is 13.2. The van der Waals surface area contributed by atoms with E-state index in [-0.39, 0.29) is 0 Å². The number of H-pyrrole nitrogens is 1. The van der Waals surface area contributed by atoms with Crippen LogP contribution in [0.1, 0.15) is 11.3 Å². The van der Waals surface area contributed by atoms with Crippen molar-refractivity contribution in [2.24, 2.45) is 0 Å². The lowest BCUT2D eigenvalue weighted by molar-refractivity contribution is 0.414. The number of nitrogens with one attached hydrogen (secondary N) is 2. The Balaban J connectivity index is 2.21. The molecule has 0 saturated carbocycles. The maximum Gasteiger partial charge on any atom is 0.156 e. The van der Waals surface area contributed by atoms with Crippen LogP contribution in [0.3, 0.4) is 0 Å². The topological polar surface area (TPSA) is 49.9 Å². The van der Waals surface area contributed by atoms with Crippen molar-refractivity contribution in [3.63, 3.8) is 0 Å². The van der Waals surface area contributed by atoms with Gasteiger partial charge in [-0.15, -0.1) is 0 Å². The molecule has 6 heteroatoms. The third kappa shape index (κ3) is 2.79. The smallest absolute Gasteiger partial charge is 0.156 e. The van der Waals surface area contributed by atoms with Gasteiger partial charge in [0.05, 0.1) is 23.5 Å². The first-order chi connectivity index (χ1) is 8.61. The highest BCUT2D eigenvalue weighted by atomic mass is 79.9. The van der Waals surface area contributed by atoms with E-state index in [4.69, 9.17) is 16.3 Å². The van der Waals surface area contributed by atoms with Crippen LogP contribution in [-0.2, 0) is 6.54 Å². The predicted molar refractivity (Wildman–Crippen MR) is 76.4 cm³/mol. The minimum atomic E-state index is 0.647. The number of nitrogens with zero attached hydrogens (tertiary/aromatic N) is 1. The van der Waals surface area contributed by atoms with Crippen molar-refractivity contribution in [2.75, 3.05) is 12.4 Å². The molecule has 2 N–H and O–H groups in total. The first-order valence-electron chi connectivity index (χ1n) is 5.37. The van der Waals surface area contributed by atoms with Gasteiger partial charge in [0, 0.05) is 22.8 Å². The molecule has 0 aliphatic heterocycles. The summed E-state index contributed by atoms with van der Waals surface area (Å²) in [6.07, 6.45) is 1.80. The van der Waals surface area contributed by atoms with Crippen LogP contribution in [0.4, 0.5) is 5.69 Å². The van der Waals surface area contributed by atoms with Crippen LogP contribution in [0.5, 0.6) is 5.75 Å². The summed E-state index contributed by atoms with van der Waals surface area (Å²) in [6, 6.07) is 3.63. The average molecular weight is 331 g/mol. The monoisotopic (exact) mass is 329 g/mol. The van der Waals surface area contributed by atoms with Gasteiger partial charge < -0.3 is 10.1 Å². The molecule has 0 atom stereocenters. The SMILES string of the molecule is COc1c(Br)cc(Cl)cc1NCc1cn[nH]c1C. The molecule has 1 heterocycles. The van der Waals surface area contributed by atoms with E-state index in [9.17, 15) is 0 Å². The first-order valence-corrected chi connectivity index (χ1v) is 6.54. The molecule has 0 saturated heterocycles. The Hall–Kier alpha value is -1.20. The number of hydrogen-bond acceptors (Lipinski definition) is 3. The molecule has 0 fully saturated rings. The third-order valence-corrected chi connectivity index (χ3v) is 3.42. The molecule has 96 valence electrons. The molecule has 2 aromatic rings. The van der Waals surface area contributed by atoms with Gasteiger partial charge in [0.15, 0.2) is 5.75 Å². The van der Waals surface area contributed by atoms with Crippen LogP contribution in [0, 0.1) is 6.92 Å². The second kappa shape index (κ2) is 5.63. The van der Waals surface area contributed by atoms with Gasteiger partial charge in [-0.1, -0.05) is 11.6 Å². The minimum Gasteiger partial charge on any atom is -0.493 e. The summed E-state index contributed by atoms with van der Waals surface area (Å²) in [5.74, 6) is 0.737. The number of anilines is 1. The van der Waals surface area contributed by atoms with E-state index in [0.29, 0.717) is 11.6 Å². The molecule has 0 aliphatic rings. The average Bonchev–Trinajstić information content (AvgIpc) is 2.71. The molecule has 0 unspecified atom stereocenters. The largest absolute Gasteiger partial charge is 0.493 e. The lowest BCUT2D eigenvalue weighted by atomic mass is 10.2. The van der Waals surface area contributed by atoms with Crippen LogP contribution < -0.4 is 10.1 Å². The second-order valence-corrected chi connectivity index (χ2v) is 5.13. The summed E-state index contributed by atoms with van der Waals surface area (Å²) < 4.78 is 6.16. The van der Waals surface area contributed by atoms with Gasteiger partial charge in [-0.25, -0.2) is 0 Å². The molecule has 0 aliphatic carbocycles. The molecule has 0 amide bonds. The van der Waals surface area contributed by atoms with Crippen molar-refractivity contribution < 1.29 is 4.74 Å². The maximum atomic E-state index is 6.03. The lowest BCUT2D eigenvalue weighted by Gasteiger charge is -2.13. The number of halogens is 2. The molecule has 0 radical (unpaired) electrons. The fraction of sp³-hybridized carbons (Fsp3) is 0.250. The van der Waals surface area contributed by atoms with Gasteiger partial charge in [-0.3, -0.25) is 5.10 Å². The summed E-state index contributed by atoms with van der Waals surface area (Å²) >= 11 is 9.45. The highest BCUT2D eigenvalue weighted by Crippen LogP contribution is 2.36. The van der Waals surface area contributed by atoms with Crippen molar-refractivity contribution in [2.45, 2.75) is 13.5 Å². The fourth-order valence-corrected chi connectivity index (χ4v) is 2.62. The zero-order valence-corrected chi connectivity index (χ0v) is 12.4. The van der Waals surface area contributed by atoms with E-state index in [0.717, 1.165) is 27.2 Å². The number of aromatic amines is 1. The number of aromatic nitrogens is 2. The van der Waals surface area contributed by atoms with E-state index in [1.165, 1.54) is 0 Å². The van der Waals surface area contributed by atoms with E-state index < -0.39 is 0 Å². The number of aryl methyl sites for hydroxylation is 1. The van der Waals surface area contributed by atoms with Crippen molar-refractivity contribution in [3.8, 4) is 5.75 Å². The fourth-order valence-electron chi connectivity index (χ4n) is 1.64. The van der Waals surface area contributed by atoms with Crippen molar-refractivity contribution in [3.05, 3.63) is 39.1 Å². The zero-order chi connectivity index (χ0) is 13.1. The van der Waals surface area contributed by atoms with Crippen LogP contribution in [0.2, 0.25) is 5.02 Å². The summed E-state index contributed by atoms with van der Waals surface area (Å²) in [6.45, 7) is 2.64. The normalized spacial score (nSPS) is 10.4.